The highest BCUT2D eigenvalue weighted by Gasteiger charge is 2.49. The predicted octanol–water partition coefficient (Wildman–Crippen LogP) is 6.69. The van der Waals surface area contributed by atoms with Crippen LogP contribution in [0.25, 0.3) is 0 Å². The first kappa shape index (κ1) is 37.8. The Morgan fingerprint density at radius 1 is 1.00 bits per heavy atom. The minimum absolute atomic E-state index is 0. The molecule has 5 aliphatic rings. The highest BCUT2D eigenvalue weighted by Crippen LogP contribution is 2.43. The molecule has 0 radical (unpaired) electrons. The third-order valence-electron chi connectivity index (χ3n) is 11.0. The number of nitrogens with one attached hydrogen (secondary N) is 2. The van der Waals surface area contributed by atoms with Crippen LogP contribution in [0, 0.1) is 5.92 Å². The second-order valence-electron chi connectivity index (χ2n) is 13.8. The van der Waals surface area contributed by atoms with Crippen molar-refractivity contribution in [3.05, 3.63) is 110 Å². The molecule has 2 aromatic carbocycles. The fourth-order valence-electron chi connectivity index (χ4n) is 8.03. The van der Waals surface area contributed by atoms with E-state index in [1.54, 1.807) is 50.9 Å². The SMILES string of the molecule is COc1ccc([C@H](Cc2c(Cl)c[nH+]cc2Cl)OC(=O)c2ccc(CNC3(C(=O)O[C@H]4CN5CCC4CC5)CCC4=C3CCC=C4)cc2)cc1OC.[OH-]. The maximum Gasteiger partial charge on any atom is 0.338 e. The van der Waals surface area contributed by atoms with Crippen LogP contribution in [-0.4, -0.2) is 67.8 Å². The Morgan fingerprint density at radius 2 is 1.73 bits per heavy atom. The van der Waals surface area contributed by atoms with Gasteiger partial charge >= 0.3 is 11.9 Å². The molecule has 2 bridgehead atoms. The lowest BCUT2D eigenvalue weighted by molar-refractivity contribution is -0.377. The average molecular weight is 751 g/mol. The van der Waals surface area contributed by atoms with Gasteiger partial charge in [-0.15, -0.1) is 0 Å². The van der Waals surface area contributed by atoms with Gasteiger partial charge in [-0.25, -0.2) is 14.6 Å². The van der Waals surface area contributed by atoms with Gasteiger partial charge in [0, 0.05) is 25.1 Å². The average Bonchev–Trinajstić information content (AvgIpc) is 3.55. The van der Waals surface area contributed by atoms with Crippen molar-refractivity contribution in [2.24, 2.45) is 5.92 Å². The summed E-state index contributed by atoms with van der Waals surface area (Å²) in [4.78, 5) is 33.1. The van der Waals surface area contributed by atoms with Crippen molar-refractivity contribution in [3.8, 4) is 11.5 Å². The van der Waals surface area contributed by atoms with Gasteiger partial charge in [0.25, 0.3) is 0 Å². The number of pyridine rings is 1. The lowest BCUT2D eigenvalue weighted by Gasteiger charge is -2.45. The number of benzene rings is 2. The van der Waals surface area contributed by atoms with Crippen molar-refractivity contribution in [3.63, 3.8) is 0 Å². The maximum atomic E-state index is 14.1. The van der Waals surface area contributed by atoms with Gasteiger partial charge in [-0.05, 0) is 104 Å². The molecule has 8 rings (SSSR count). The van der Waals surface area contributed by atoms with E-state index in [1.807, 2.05) is 18.2 Å². The minimum atomic E-state index is -0.853. The summed E-state index contributed by atoms with van der Waals surface area (Å²) in [6.07, 6.45) is 12.6. The van der Waals surface area contributed by atoms with Crippen LogP contribution in [0.5, 0.6) is 11.5 Å². The number of aromatic amines is 1. The Balaban J connectivity index is 0.00000464. The Morgan fingerprint density at radius 3 is 2.40 bits per heavy atom. The molecule has 12 heteroatoms. The first-order valence-corrected chi connectivity index (χ1v) is 18.5. The van der Waals surface area contributed by atoms with Gasteiger partial charge in [0.05, 0.1) is 19.8 Å². The summed E-state index contributed by atoms with van der Waals surface area (Å²) in [5, 5.41) is 4.52. The number of halogens is 2. The van der Waals surface area contributed by atoms with Crippen molar-refractivity contribution in [2.45, 2.75) is 69.2 Å². The molecular weight excluding hydrogens is 705 g/mol. The largest absolute Gasteiger partial charge is 0.870 e. The molecule has 1 aromatic heterocycles. The number of rotatable bonds is 12. The number of H-pyrrole nitrogens is 1. The summed E-state index contributed by atoms with van der Waals surface area (Å²) in [6, 6.07) is 12.7. The Bertz CT molecular complexity index is 1820. The molecule has 4 heterocycles. The van der Waals surface area contributed by atoms with Crippen LogP contribution in [0.2, 0.25) is 10.0 Å². The fourth-order valence-corrected chi connectivity index (χ4v) is 8.56. The van der Waals surface area contributed by atoms with E-state index in [0.717, 1.165) is 62.9 Å². The quantitative estimate of drug-likeness (QED) is 0.201. The van der Waals surface area contributed by atoms with Crippen molar-refractivity contribution in [1.29, 1.82) is 0 Å². The maximum absolute atomic E-state index is 14.1. The number of piperidine rings is 3. The summed E-state index contributed by atoms with van der Waals surface area (Å²) < 4.78 is 23.4. The summed E-state index contributed by atoms with van der Waals surface area (Å²) >= 11 is 13.0. The van der Waals surface area contributed by atoms with Crippen molar-refractivity contribution >= 4 is 35.1 Å². The van der Waals surface area contributed by atoms with Crippen molar-refractivity contribution < 1.29 is 39.0 Å². The molecule has 2 aliphatic carbocycles. The zero-order valence-electron chi connectivity index (χ0n) is 29.5. The van der Waals surface area contributed by atoms with E-state index in [1.165, 1.54) is 5.57 Å². The normalized spacial score (nSPS) is 23.7. The van der Waals surface area contributed by atoms with Crippen molar-refractivity contribution in [1.82, 2.24) is 10.2 Å². The molecule has 0 spiro atoms. The zero-order valence-corrected chi connectivity index (χ0v) is 31.0. The third-order valence-corrected chi connectivity index (χ3v) is 11.6. The van der Waals surface area contributed by atoms with E-state index in [0.29, 0.717) is 57.1 Å². The van der Waals surface area contributed by atoms with Gasteiger partial charge in [-0.2, -0.15) is 0 Å². The van der Waals surface area contributed by atoms with E-state index >= 15 is 0 Å². The molecule has 10 nitrogen and oxygen atoms in total. The number of methoxy groups -OCH3 is 2. The molecule has 3 aliphatic heterocycles. The summed E-state index contributed by atoms with van der Waals surface area (Å²) in [7, 11) is 3.12. The molecule has 1 unspecified atom stereocenters. The van der Waals surface area contributed by atoms with E-state index in [2.05, 4.69) is 27.4 Å². The number of aromatic nitrogens is 1. The van der Waals surface area contributed by atoms with Crippen LogP contribution in [0.1, 0.15) is 71.7 Å². The van der Waals surface area contributed by atoms with Crippen LogP contribution in [0.15, 0.2) is 78.2 Å². The van der Waals surface area contributed by atoms with Gasteiger partial charge in [-0.3, -0.25) is 10.2 Å². The topological polar surface area (TPSA) is 130 Å². The number of nitrogens with zero attached hydrogens (tertiary/aromatic N) is 1. The van der Waals surface area contributed by atoms with E-state index in [-0.39, 0.29) is 24.0 Å². The summed E-state index contributed by atoms with van der Waals surface area (Å²) in [5.74, 6) is 0.850. The molecule has 52 heavy (non-hydrogen) atoms. The highest BCUT2D eigenvalue weighted by atomic mass is 35.5. The standard InChI is InChI=1S/C40H43Cl2N3O6.H2O/c1-48-34-12-11-29(19-36(34)49-2)35(20-30-32(41)22-43-23-33(30)42)50-38(46)28-9-7-25(8-10-28)21-44-40(16-13-26-5-3-4-6-31(26)40)39(47)51-37-24-45-17-14-27(37)15-18-45;/h3,5,7-12,19,22-23,27,35,37,44H,4,6,13-18,20-21,24H2,1-2H3;1H2/t35-,37-,40?;/m0./s1. The molecule has 3 fully saturated rings. The second-order valence-corrected chi connectivity index (χ2v) is 14.6. The van der Waals surface area contributed by atoms with Crippen LogP contribution in [-0.2, 0) is 27.2 Å². The van der Waals surface area contributed by atoms with Gasteiger partial charge in [0.1, 0.15) is 27.8 Å². The van der Waals surface area contributed by atoms with Crippen LogP contribution in [0.3, 0.4) is 0 Å². The lowest BCUT2D eigenvalue weighted by Crippen LogP contribution is -2.57. The predicted molar refractivity (Wildman–Crippen MR) is 196 cm³/mol. The monoisotopic (exact) mass is 749 g/mol. The third kappa shape index (κ3) is 7.72. The van der Waals surface area contributed by atoms with E-state index < -0.39 is 17.6 Å². The molecule has 3 N–H and O–H groups in total. The zero-order chi connectivity index (χ0) is 35.5. The lowest BCUT2D eigenvalue weighted by atomic mass is 9.84. The molecule has 3 atom stereocenters. The molecule has 3 aromatic rings. The number of esters is 2. The molecule has 3 saturated heterocycles. The molecule has 0 saturated carbocycles. The number of carbonyl (C=O) groups is 2. The van der Waals surface area contributed by atoms with Gasteiger partial charge in [0.15, 0.2) is 23.9 Å². The smallest absolute Gasteiger partial charge is 0.338 e. The Kier molecular flexibility index (Phi) is 11.9. The van der Waals surface area contributed by atoms with Gasteiger partial charge in [0.2, 0.25) is 0 Å². The fraction of sp³-hybridized carbons (Fsp3) is 0.425. The van der Waals surface area contributed by atoms with Crippen LogP contribution in [0.4, 0.5) is 0 Å². The first-order chi connectivity index (χ1) is 24.8. The van der Waals surface area contributed by atoms with Crippen LogP contribution < -0.4 is 19.8 Å². The Labute approximate surface area is 314 Å². The number of hydrogen-bond acceptors (Lipinski definition) is 9. The molecule has 276 valence electrons. The number of fused-ring (bicyclic) bond motifs is 3. The highest BCUT2D eigenvalue weighted by molar-refractivity contribution is 6.35. The number of allylic oxidation sites excluding steroid dienone is 3. The van der Waals surface area contributed by atoms with Gasteiger partial charge < -0.3 is 24.4 Å². The molecule has 0 amide bonds. The molecular formula is C40H45Cl2N3O7. The van der Waals surface area contributed by atoms with Crippen LogP contribution >= 0.6 is 23.2 Å². The van der Waals surface area contributed by atoms with Gasteiger partial charge in [-0.1, -0.05) is 53.6 Å². The number of hydrogen-bond donors (Lipinski definition) is 1. The van der Waals surface area contributed by atoms with Crippen molar-refractivity contribution in [2.75, 3.05) is 33.9 Å². The summed E-state index contributed by atoms with van der Waals surface area (Å²) in [5.41, 5.74) is 4.23. The minimum Gasteiger partial charge on any atom is -0.870 e. The first-order valence-electron chi connectivity index (χ1n) is 17.7. The summed E-state index contributed by atoms with van der Waals surface area (Å²) in [6.45, 7) is 3.46. The number of carbonyl (C=O) groups excluding carboxylic acids is 2. The number of ether oxygens (including phenoxy) is 4. The second kappa shape index (κ2) is 16.4. The Hall–Kier alpha value is -3.93. The van der Waals surface area contributed by atoms with E-state index in [9.17, 15) is 9.59 Å². The van der Waals surface area contributed by atoms with E-state index in [4.69, 9.17) is 42.1 Å².